The van der Waals surface area contributed by atoms with Crippen molar-refractivity contribution in [1.82, 2.24) is 0 Å². The van der Waals surface area contributed by atoms with Crippen LogP contribution in [0.1, 0.15) is 11.1 Å². The van der Waals surface area contributed by atoms with Crippen LogP contribution in [0.25, 0.3) is 11.8 Å². The Hall–Kier alpha value is -2.08. The van der Waals surface area contributed by atoms with E-state index in [9.17, 15) is 4.79 Å². The van der Waals surface area contributed by atoms with E-state index in [0.717, 1.165) is 26.1 Å². The van der Waals surface area contributed by atoms with Gasteiger partial charge in [0, 0.05) is 19.2 Å². The van der Waals surface area contributed by atoms with E-state index < -0.39 is 0 Å². The maximum atomic E-state index is 13.3. The SMILES string of the molecule is O=C1/C(=C/c2ccc(Cl)cc2Cl)C=C(c2ccccc2)N1c1cccc(I)c1. The van der Waals surface area contributed by atoms with Crippen molar-refractivity contribution in [1.29, 1.82) is 0 Å². The molecule has 138 valence electrons. The number of hydrogen-bond donors (Lipinski definition) is 0. The predicted octanol–water partition coefficient (Wildman–Crippen LogP) is 7.07. The van der Waals surface area contributed by atoms with E-state index in [1.54, 1.807) is 23.1 Å². The molecule has 0 aliphatic carbocycles. The van der Waals surface area contributed by atoms with Crippen molar-refractivity contribution in [3.63, 3.8) is 0 Å². The summed E-state index contributed by atoms with van der Waals surface area (Å²) in [4.78, 5) is 15.1. The molecule has 0 atom stereocenters. The van der Waals surface area contributed by atoms with Crippen LogP contribution in [-0.4, -0.2) is 5.91 Å². The van der Waals surface area contributed by atoms with Crippen LogP contribution in [-0.2, 0) is 4.79 Å². The number of carbonyl (C=O) groups excluding carboxylic acids is 1. The molecule has 4 rings (SSSR count). The van der Waals surface area contributed by atoms with Gasteiger partial charge in [0.25, 0.3) is 5.91 Å². The fourth-order valence-electron chi connectivity index (χ4n) is 3.09. The lowest BCUT2D eigenvalue weighted by Gasteiger charge is -2.21. The third-order valence-corrected chi connectivity index (χ3v) is 5.63. The molecule has 0 N–H and O–H groups in total. The summed E-state index contributed by atoms with van der Waals surface area (Å²) in [6.07, 6.45) is 3.71. The minimum Gasteiger partial charge on any atom is -0.276 e. The maximum Gasteiger partial charge on any atom is 0.262 e. The molecule has 1 heterocycles. The number of hydrogen-bond acceptors (Lipinski definition) is 1. The van der Waals surface area contributed by atoms with Crippen molar-refractivity contribution in [3.8, 4) is 0 Å². The van der Waals surface area contributed by atoms with E-state index in [4.69, 9.17) is 23.2 Å². The van der Waals surface area contributed by atoms with Crippen LogP contribution in [0, 0.1) is 3.57 Å². The number of halogens is 3. The Morgan fingerprint density at radius 3 is 2.39 bits per heavy atom. The highest BCUT2D eigenvalue weighted by atomic mass is 127. The van der Waals surface area contributed by atoms with Gasteiger partial charge in [-0.05, 0) is 76.2 Å². The number of nitrogens with zero attached hydrogens (tertiary/aromatic N) is 1. The minimum absolute atomic E-state index is 0.0909. The van der Waals surface area contributed by atoms with E-state index in [2.05, 4.69) is 22.6 Å². The van der Waals surface area contributed by atoms with Gasteiger partial charge < -0.3 is 0 Å². The zero-order chi connectivity index (χ0) is 19.7. The summed E-state index contributed by atoms with van der Waals surface area (Å²) >= 11 is 14.5. The van der Waals surface area contributed by atoms with Gasteiger partial charge in [0.05, 0.1) is 11.4 Å². The van der Waals surface area contributed by atoms with E-state index in [0.29, 0.717) is 15.6 Å². The highest BCUT2D eigenvalue weighted by Gasteiger charge is 2.30. The van der Waals surface area contributed by atoms with Crippen LogP contribution >= 0.6 is 45.8 Å². The zero-order valence-corrected chi connectivity index (χ0v) is 18.2. The van der Waals surface area contributed by atoms with Crippen molar-refractivity contribution < 1.29 is 4.79 Å². The lowest BCUT2D eigenvalue weighted by atomic mass is 10.1. The van der Waals surface area contributed by atoms with Crippen LogP contribution in [0.15, 0.2) is 84.4 Å². The number of rotatable bonds is 3. The molecule has 0 saturated heterocycles. The molecule has 0 radical (unpaired) electrons. The molecular formula is C23H14Cl2INO. The van der Waals surface area contributed by atoms with Gasteiger partial charge in [0.15, 0.2) is 0 Å². The van der Waals surface area contributed by atoms with Gasteiger partial charge >= 0.3 is 0 Å². The van der Waals surface area contributed by atoms with Crippen LogP contribution in [0.3, 0.4) is 0 Å². The Bertz CT molecular complexity index is 1120. The van der Waals surface area contributed by atoms with Crippen molar-refractivity contribution in [2.45, 2.75) is 0 Å². The number of amides is 1. The molecule has 2 nitrogen and oxygen atoms in total. The molecule has 3 aromatic carbocycles. The minimum atomic E-state index is -0.0909. The van der Waals surface area contributed by atoms with E-state index >= 15 is 0 Å². The first kappa shape index (κ1) is 19.2. The predicted molar refractivity (Wildman–Crippen MR) is 126 cm³/mol. The van der Waals surface area contributed by atoms with E-state index in [1.807, 2.05) is 66.7 Å². The normalized spacial score (nSPS) is 15.2. The smallest absolute Gasteiger partial charge is 0.262 e. The molecule has 5 heteroatoms. The molecule has 0 fully saturated rings. The van der Waals surface area contributed by atoms with Gasteiger partial charge in [0.1, 0.15) is 0 Å². The van der Waals surface area contributed by atoms with Crippen molar-refractivity contribution in [2.75, 3.05) is 4.90 Å². The lowest BCUT2D eigenvalue weighted by Crippen LogP contribution is -2.25. The van der Waals surface area contributed by atoms with Gasteiger partial charge in [0.2, 0.25) is 0 Å². The number of carbonyl (C=O) groups is 1. The molecule has 1 amide bonds. The summed E-state index contributed by atoms with van der Waals surface area (Å²) in [7, 11) is 0. The Labute approximate surface area is 187 Å². The van der Waals surface area contributed by atoms with E-state index in [1.165, 1.54) is 0 Å². The molecule has 1 aliphatic heterocycles. The molecule has 28 heavy (non-hydrogen) atoms. The molecule has 3 aromatic rings. The van der Waals surface area contributed by atoms with Crippen molar-refractivity contribution in [2.24, 2.45) is 0 Å². The second-order valence-electron chi connectivity index (χ2n) is 6.28. The molecule has 0 saturated carbocycles. The first-order chi connectivity index (χ1) is 13.5. The summed E-state index contributed by atoms with van der Waals surface area (Å²) in [5.74, 6) is -0.0909. The standard InChI is InChI=1S/C23H14Cl2INO/c24-18-10-9-16(21(25)13-18)11-17-12-22(15-5-2-1-3-6-15)27(23(17)28)20-8-4-7-19(26)14-20/h1-14H/b17-11+. The van der Waals surface area contributed by atoms with E-state index in [-0.39, 0.29) is 5.91 Å². The average Bonchev–Trinajstić information content (AvgIpc) is 3.01. The fourth-order valence-corrected chi connectivity index (χ4v) is 4.08. The van der Waals surface area contributed by atoms with Crippen molar-refractivity contribution >= 4 is 69.2 Å². The summed E-state index contributed by atoms with van der Waals surface area (Å²) in [5.41, 5.74) is 3.96. The summed E-state index contributed by atoms with van der Waals surface area (Å²) in [6, 6.07) is 23.0. The van der Waals surface area contributed by atoms with Gasteiger partial charge in [-0.25, -0.2) is 0 Å². The first-order valence-corrected chi connectivity index (χ1v) is 10.4. The third-order valence-electron chi connectivity index (χ3n) is 4.39. The summed E-state index contributed by atoms with van der Waals surface area (Å²) < 4.78 is 1.06. The molecule has 1 aliphatic rings. The fraction of sp³-hybridized carbons (Fsp3) is 0. The number of anilines is 1. The van der Waals surface area contributed by atoms with Gasteiger partial charge in [-0.1, -0.05) is 65.7 Å². The van der Waals surface area contributed by atoms with Gasteiger partial charge in [-0.2, -0.15) is 0 Å². The third kappa shape index (κ3) is 3.88. The Kier molecular flexibility index (Phi) is 5.58. The van der Waals surface area contributed by atoms with Gasteiger partial charge in [-0.15, -0.1) is 0 Å². The number of benzene rings is 3. The Morgan fingerprint density at radius 1 is 0.893 bits per heavy atom. The Balaban J connectivity index is 1.84. The highest BCUT2D eigenvalue weighted by Crippen LogP contribution is 2.36. The quantitative estimate of drug-likeness (QED) is 0.269. The summed E-state index contributed by atoms with van der Waals surface area (Å²) in [5, 5.41) is 1.07. The molecule has 0 unspecified atom stereocenters. The largest absolute Gasteiger partial charge is 0.276 e. The second-order valence-corrected chi connectivity index (χ2v) is 8.37. The molecule has 0 spiro atoms. The topological polar surface area (TPSA) is 20.3 Å². The molecule has 0 aromatic heterocycles. The summed E-state index contributed by atoms with van der Waals surface area (Å²) in [6.45, 7) is 0. The molecular weight excluding hydrogens is 504 g/mol. The maximum absolute atomic E-state index is 13.3. The highest BCUT2D eigenvalue weighted by molar-refractivity contribution is 14.1. The van der Waals surface area contributed by atoms with Crippen LogP contribution in [0.2, 0.25) is 10.0 Å². The van der Waals surface area contributed by atoms with Crippen LogP contribution in [0.5, 0.6) is 0 Å². The lowest BCUT2D eigenvalue weighted by molar-refractivity contribution is -0.113. The van der Waals surface area contributed by atoms with Crippen LogP contribution < -0.4 is 4.90 Å². The molecule has 0 bridgehead atoms. The Morgan fingerprint density at radius 2 is 1.68 bits per heavy atom. The first-order valence-electron chi connectivity index (χ1n) is 8.57. The van der Waals surface area contributed by atoms with Gasteiger partial charge in [-0.3, -0.25) is 9.69 Å². The van der Waals surface area contributed by atoms with Crippen molar-refractivity contribution in [3.05, 3.63) is 109 Å². The second kappa shape index (κ2) is 8.11. The van der Waals surface area contributed by atoms with Crippen LogP contribution in [0.4, 0.5) is 5.69 Å². The average molecular weight is 518 g/mol. The monoisotopic (exact) mass is 517 g/mol. The zero-order valence-electron chi connectivity index (χ0n) is 14.6.